The Balaban J connectivity index is 2.23. The zero-order valence-electron chi connectivity index (χ0n) is 10.1. The van der Waals surface area contributed by atoms with E-state index in [1.807, 2.05) is 0 Å². The van der Waals surface area contributed by atoms with E-state index in [4.69, 9.17) is 0 Å². The van der Waals surface area contributed by atoms with Gasteiger partial charge in [0.1, 0.15) is 0 Å². The van der Waals surface area contributed by atoms with Crippen LogP contribution in [-0.2, 0) is 19.2 Å². The summed E-state index contributed by atoms with van der Waals surface area (Å²) in [7, 11) is 0. The molecule has 18 heavy (non-hydrogen) atoms. The highest BCUT2D eigenvalue weighted by molar-refractivity contribution is 6.13. The minimum atomic E-state index is -0.420. The molecule has 98 valence electrons. The number of imide groups is 1. The normalized spacial score (nSPS) is 13.9. The molecule has 0 aromatic rings. The van der Waals surface area contributed by atoms with Crippen molar-refractivity contribution in [2.45, 2.75) is 13.3 Å². The van der Waals surface area contributed by atoms with Gasteiger partial charge >= 0.3 is 0 Å². The fourth-order valence-corrected chi connectivity index (χ4v) is 1.39. The third kappa shape index (κ3) is 4.00. The second kappa shape index (κ2) is 6.53. The van der Waals surface area contributed by atoms with Gasteiger partial charge in [0.15, 0.2) is 0 Å². The van der Waals surface area contributed by atoms with Gasteiger partial charge in [0.05, 0.1) is 6.54 Å². The number of rotatable bonds is 6. The van der Waals surface area contributed by atoms with Crippen LogP contribution in [-0.4, -0.2) is 48.2 Å². The molecule has 7 nitrogen and oxygen atoms in total. The van der Waals surface area contributed by atoms with E-state index in [2.05, 4.69) is 10.6 Å². The Morgan fingerprint density at radius 1 is 1.11 bits per heavy atom. The maximum absolute atomic E-state index is 11.4. The van der Waals surface area contributed by atoms with E-state index in [-0.39, 0.29) is 31.3 Å². The Morgan fingerprint density at radius 3 is 2.28 bits per heavy atom. The zero-order chi connectivity index (χ0) is 13.5. The van der Waals surface area contributed by atoms with Gasteiger partial charge in [-0.3, -0.25) is 24.1 Å². The highest BCUT2D eigenvalue weighted by atomic mass is 16.2. The number of carbonyl (C=O) groups excluding carboxylic acids is 4. The number of carbonyl (C=O) groups is 4. The van der Waals surface area contributed by atoms with Gasteiger partial charge in [-0.15, -0.1) is 0 Å². The Kier molecular flexibility index (Phi) is 5.04. The molecule has 0 bridgehead atoms. The first-order chi connectivity index (χ1) is 8.54. The molecular formula is C11H15N3O4. The summed E-state index contributed by atoms with van der Waals surface area (Å²) in [5.74, 6) is -1.50. The molecular weight excluding hydrogens is 238 g/mol. The van der Waals surface area contributed by atoms with Crippen molar-refractivity contribution < 1.29 is 19.2 Å². The van der Waals surface area contributed by atoms with E-state index < -0.39 is 11.8 Å². The van der Waals surface area contributed by atoms with Crippen LogP contribution < -0.4 is 10.6 Å². The van der Waals surface area contributed by atoms with Crippen molar-refractivity contribution in [3.63, 3.8) is 0 Å². The first kappa shape index (κ1) is 13.9. The summed E-state index contributed by atoms with van der Waals surface area (Å²) in [5.41, 5.74) is 0. The number of nitrogens with one attached hydrogen (secondary N) is 2. The lowest BCUT2D eigenvalue weighted by Gasteiger charge is -2.13. The highest BCUT2D eigenvalue weighted by Crippen LogP contribution is 2.03. The van der Waals surface area contributed by atoms with Crippen LogP contribution in [0, 0.1) is 0 Å². The van der Waals surface area contributed by atoms with Gasteiger partial charge in [-0.2, -0.15) is 0 Å². The molecule has 0 fully saturated rings. The summed E-state index contributed by atoms with van der Waals surface area (Å²) in [6.45, 7) is 2.19. The van der Waals surface area contributed by atoms with Gasteiger partial charge in [-0.1, -0.05) is 0 Å². The highest BCUT2D eigenvalue weighted by Gasteiger charge is 2.23. The van der Waals surface area contributed by atoms with Crippen molar-refractivity contribution in [1.82, 2.24) is 15.5 Å². The van der Waals surface area contributed by atoms with Crippen LogP contribution >= 0.6 is 0 Å². The summed E-state index contributed by atoms with van der Waals surface area (Å²) >= 11 is 0. The maximum Gasteiger partial charge on any atom is 0.253 e. The van der Waals surface area contributed by atoms with Crippen LogP contribution in [0.2, 0.25) is 0 Å². The van der Waals surface area contributed by atoms with Crippen LogP contribution in [0.5, 0.6) is 0 Å². The average Bonchev–Trinajstić information content (AvgIpc) is 2.64. The minimum absolute atomic E-state index is 0.0153. The molecule has 0 saturated heterocycles. The van der Waals surface area contributed by atoms with Crippen LogP contribution in [0.1, 0.15) is 13.3 Å². The first-order valence-corrected chi connectivity index (χ1v) is 5.61. The monoisotopic (exact) mass is 253 g/mol. The zero-order valence-corrected chi connectivity index (χ0v) is 10.1. The molecule has 7 heteroatoms. The quantitative estimate of drug-likeness (QED) is 0.566. The summed E-state index contributed by atoms with van der Waals surface area (Å²) in [5, 5.41) is 4.93. The number of amides is 4. The molecule has 1 aliphatic heterocycles. The number of hydrogen-bond donors (Lipinski definition) is 2. The average molecular weight is 253 g/mol. The van der Waals surface area contributed by atoms with E-state index in [1.54, 1.807) is 6.92 Å². The molecule has 0 aromatic carbocycles. The van der Waals surface area contributed by atoms with Crippen molar-refractivity contribution in [3.8, 4) is 0 Å². The molecule has 1 rings (SSSR count). The molecule has 0 atom stereocenters. The van der Waals surface area contributed by atoms with Crippen LogP contribution in [0.25, 0.3) is 0 Å². The smallest absolute Gasteiger partial charge is 0.253 e. The molecule has 0 saturated carbocycles. The van der Waals surface area contributed by atoms with Crippen molar-refractivity contribution >= 4 is 23.6 Å². The third-order valence-electron chi connectivity index (χ3n) is 2.28. The van der Waals surface area contributed by atoms with Crippen molar-refractivity contribution in [2.24, 2.45) is 0 Å². The topological polar surface area (TPSA) is 95.6 Å². The van der Waals surface area contributed by atoms with Gasteiger partial charge in [0.25, 0.3) is 11.8 Å². The third-order valence-corrected chi connectivity index (χ3v) is 2.28. The van der Waals surface area contributed by atoms with Gasteiger partial charge in [-0.05, 0) is 6.92 Å². The molecule has 0 radical (unpaired) electrons. The molecule has 1 heterocycles. The van der Waals surface area contributed by atoms with Gasteiger partial charge in [-0.25, -0.2) is 0 Å². The fraction of sp³-hybridized carbons (Fsp3) is 0.455. The molecule has 0 aromatic heterocycles. The van der Waals surface area contributed by atoms with E-state index in [0.29, 0.717) is 6.54 Å². The van der Waals surface area contributed by atoms with Crippen molar-refractivity contribution in [1.29, 1.82) is 0 Å². The van der Waals surface area contributed by atoms with Crippen LogP contribution in [0.3, 0.4) is 0 Å². The lowest BCUT2D eigenvalue weighted by atomic mass is 10.3. The standard InChI is InChI=1S/C11H15N3O4/c1-2-12-9(16)7-13-8(15)5-6-14-10(17)3-4-11(14)18/h3-4H,2,5-7H2,1H3,(H,12,16)(H,13,15). The fourth-order valence-electron chi connectivity index (χ4n) is 1.39. The van der Waals surface area contributed by atoms with Crippen LogP contribution in [0.15, 0.2) is 12.2 Å². The summed E-state index contributed by atoms with van der Waals surface area (Å²) < 4.78 is 0. The lowest BCUT2D eigenvalue weighted by molar-refractivity contribution is -0.137. The second-order valence-electron chi connectivity index (χ2n) is 3.64. The molecule has 0 spiro atoms. The van der Waals surface area contributed by atoms with Gasteiger partial charge in [0.2, 0.25) is 11.8 Å². The molecule has 1 aliphatic rings. The Labute approximate surface area is 104 Å². The predicted molar refractivity (Wildman–Crippen MR) is 62.2 cm³/mol. The van der Waals surface area contributed by atoms with E-state index in [9.17, 15) is 19.2 Å². The second-order valence-corrected chi connectivity index (χ2v) is 3.64. The van der Waals surface area contributed by atoms with Gasteiger partial charge < -0.3 is 10.6 Å². The van der Waals surface area contributed by atoms with E-state index in [0.717, 1.165) is 17.1 Å². The Morgan fingerprint density at radius 2 is 1.72 bits per heavy atom. The Hall–Kier alpha value is -2.18. The largest absolute Gasteiger partial charge is 0.355 e. The maximum atomic E-state index is 11.4. The first-order valence-electron chi connectivity index (χ1n) is 5.61. The van der Waals surface area contributed by atoms with Crippen molar-refractivity contribution in [2.75, 3.05) is 19.6 Å². The van der Waals surface area contributed by atoms with E-state index >= 15 is 0 Å². The predicted octanol–water partition coefficient (Wildman–Crippen LogP) is -1.45. The number of nitrogens with zero attached hydrogens (tertiary/aromatic N) is 1. The Bertz CT molecular complexity index is 385. The summed E-state index contributed by atoms with van der Waals surface area (Å²) in [6, 6.07) is 0. The molecule has 4 amide bonds. The summed E-state index contributed by atoms with van der Waals surface area (Å²) in [4.78, 5) is 45.7. The van der Waals surface area contributed by atoms with Gasteiger partial charge in [0, 0.05) is 31.7 Å². The lowest BCUT2D eigenvalue weighted by Crippen LogP contribution is -2.39. The molecule has 0 aliphatic carbocycles. The number of hydrogen-bond acceptors (Lipinski definition) is 4. The molecule has 0 unspecified atom stereocenters. The minimum Gasteiger partial charge on any atom is -0.355 e. The molecule has 2 N–H and O–H groups in total. The van der Waals surface area contributed by atoms with Crippen LogP contribution in [0.4, 0.5) is 0 Å². The summed E-state index contributed by atoms with van der Waals surface area (Å²) in [6.07, 6.45) is 2.31. The van der Waals surface area contributed by atoms with E-state index in [1.165, 1.54) is 0 Å². The number of likely N-dealkylation sites (N-methyl/N-ethyl adjacent to an activating group) is 1. The SMILES string of the molecule is CCNC(=O)CNC(=O)CCN1C(=O)C=CC1=O. The van der Waals surface area contributed by atoms with Crippen molar-refractivity contribution in [3.05, 3.63) is 12.2 Å².